The summed E-state index contributed by atoms with van der Waals surface area (Å²) >= 11 is 0. The van der Waals surface area contributed by atoms with Crippen LogP contribution in [0.25, 0.3) is 0 Å². The molecule has 1 aromatic heterocycles. The van der Waals surface area contributed by atoms with Gasteiger partial charge in [-0.3, -0.25) is 15.1 Å². The summed E-state index contributed by atoms with van der Waals surface area (Å²) in [5.74, 6) is 0. The van der Waals surface area contributed by atoms with Crippen molar-refractivity contribution in [2.75, 3.05) is 0 Å². The number of rotatable bonds is 1. The minimum Gasteiger partial charge on any atom is -0.266 e. The minimum absolute atomic E-state index is 0.0486. The summed E-state index contributed by atoms with van der Waals surface area (Å²) in [5, 5.41) is 10.1. The molecule has 0 aromatic carbocycles. The van der Waals surface area contributed by atoms with Crippen LogP contribution in [0.15, 0.2) is 18.3 Å². The van der Waals surface area contributed by atoms with Crippen LogP contribution in [0.4, 0.5) is 5.69 Å². The van der Waals surface area contributed by atoms with E-state index in [1.54, 1.807) is 0 Å². The van der Waals surface area contributed by atoms with Gasteiger partial charge < -0.3 is 0 Å². The highest BCUT2D eigenvalue weighted by atomic mass is 16.6. The van der Waals surface area contributed by atoms with Crippen LogP contribution in [-0.2, 0) is 0 Å². The second-order valence-electron chi connectivity index (χ2n) is 1.66. The van der Waals surface area contributed by atoms with Crippen molar-refractivity contribution in [1.29, 1.82) is 0 Å². The molecule has 4 nitrogen and oxygen atoms in total. The Morgan fingerprint density at radius 2 is 2.40 bits per heavy atom. The Morgan fingerprint density at radius 1 is 1.70 bits per heavy atom. The molecule has 0 aliphatic rings. The van der Waals surface area contributed by atoms with Gasteiger partial charge in [0, 0.05) is 12.3 Å². The van der Waals surface area contributed by atoms with E-state index in [4.69, 9.17) is 7.85 Å². The average Bonchev–Trinajstić information content (AvgIpc) is 1.88. The Morgan fingerprint density at radius 3 is 2.80 bits per heavy atom. The van der Waals surface area contributed by atoms with E-state index in [1.807, 2.05) is 0 Å². The fraction of sp³-hybridized carbons (Fsp3) is 0. The Balaban J connectivity index is 3.15. The fourth-order valence-electron chi connectivity index (χ4n) is 0.563. The van der Waals surface area contributed by atoms with Gasteiger partial charge in [-0.05, 0) is 6.07 Å². The highest BCUT2D eigenvalue weighted by molar-refractivity contribution is 6.33. The van der Waals surface area contributed by atoms with E-state index in [1.165, 1.54) is 18.3 Å². The molecular formula is C5H3BN2O2. The minimum atomic E-state index is -0.567. The van der Waals surface area contributed by atoms with Gasteiger partial charge in [-0.15, -0.1) is 0 Å². The van der Waals surface area contributed by atoms with Crippen molar-refractivity contribution in [3.8, 4) is 0 Å². The van der Waals surface area contributed by atoms with E-state index < -0.39 is 4.92 Å². The zero-order chi connectivity index (χ0) is 7.56. The second kappa shape index (κ2) is 2.47. The van der Waals surface area contributed by atoms with Crippen LogP contribution in [0.5, 0.6) is 0 Å². The lowest BCUT2D eigenvalue weighted by molar-refractivity contribution is -0.383. The first-order valence-corrected chi connectivity index (χ1v) is 2.56. The number of hydrogen-bond acceptors (Lipinski definition) is 3. The quantitative estimate of drug-likeness (QED) is 0.303. The molecule has 0 fully saturated rings. The van der Waals surface area contributed by atoms with E-state index in [0.717, 1.165) is 0 Å². The topological polar surface area (TPSA) is 56.0 Å². The third kappa shape index (κ3) is 1.13. The van der Waals surface area contributed by atoms with Gasteiger partial charge in [-0.1, -0.05) is 0 Å². The Labute approximate surface area is 58.5 Å². The van der Waals surface area contributed by atoms with Crippen molar-refractivity contribution in [1.82, 2.24) is 4.98 Å². The number of nitrogens with zero attached hydrogens (tertiary/aromatic N) is 2. The van der Waals surface area contributed by atoms with Crippen LogP contribution >= 0.6 is 0 Å². The molecule has 0 unspecified atom stereocenters. The van der Waals surface area contributed by atoms with Gasteiger partial charge in [0.05, 0.1) is 10.5 Å². The molecular weight excluding hydrogens is 131 g/mol. The van der Waals surface area contributed by atoms with Crippen LogP contribution < -0.4 is 5.59 Å². The summed E-state index contributed by atoms with van der Waals surface area (Å²) in [6, 6.07) is 2.77. The number of nitro groups is 1. The van der Waals surface area contributed by atoms with E-state index in [2.05, 4.69) is 4.98 Å². The molecule has 0 spiro atoms. The Kier molecular flexibility index (Phi) is 1.66. The number of hydrogen-bond donors (Lipinski definition) is 0. The highest BCUT2D eigenvalue weighted by Gasteiger charge is 2.07. The van der Waals surface area contributed by atoms with Crippen molar-refractivity contribution < 1.29 is 4.92 Å². The molecule has 10 heavy (non-hydrogen) atoms. The average molecular weight is 134 g/mol. The summed E-state index contributed by atoms with van der Waals surface area (Å²) < 4.78 is 0. The zero-order valence-corrected chi connectivity index (χ0v) is 5.02. The van der Waals surface area contributed by atoms with Gasteiger partial charge in [-0.2, -0.15) is 0 Å². The maximum atomic E-state index is 10.1. The lowest BCUT2D eigenvalue weighted by atomic mass is 10.0. The van der Waals surface area contributed by atoms with Crippen LogP contribution in [0.2, 0.25) is 0 Å². The molecule has 0 atom stereocenters. The maximum Gasteiger partial charge on any atom is 0.279 e. The third-order valence-electron chi connectivity index (χ3n) is 1.01. The molecule has 0 N–H and O–H groups in total. The van der Waals surface area contributed by atoms with Gasteiger partial charge in [0.2, 0.25) is 0 Å². The van der Waals surface area contributed by atoms with Crippen molar-refractivity contribution in [2.24, 2.45) is 0 Å². The molecule has 1 heterocycles. The normalized spacial score (nSPS) is 9.20. The zero-order valence-electron chi connectivity index (χ0n) is 5.02. The van der Waals surface area contributed by atoms with Crippen molar-refractivity contribution in [3.05, 3.63) is 28.4 Å². The largest absolute Gasteiger partial charge is 0.279 e. The predicted molar refractivity (Wildman–Crippen MR) is 36.3 cm³/mol. The highest BCUT2D eigenvalue weighted by Crippen LogP contribution is 2.01. The van der Waals surface area contributed by atoms with E-state index in [-0.39, 0.29) is 11.3 Å². The van der Waals surface area contributed by atoms with E-state index in [9.17, 15) is 10.1 Å². The Hall–Kier alpha value is -1.39. The smallest absolute Gasteiger partial charge is 0.266 e. The fourth-order valence-corrected chi connectivity index (χ4v) is 0.563. The summed E-state index contributed by atoms with van der Waals surface area (Å²) in [6.07, 6.45) is 1.41. The van der Waals surface area contributed by atoms with Crippen LogP contribution in [-0.4, -0.2) is 17.8 Å². The molecule has 0 amide bonds. The number of pyridine rings is 1. The molecule has 1 aromatic rings. The molecule has 0 aliphatic heterocycles. The Bertz CT molecular complexity index is 264. The molecule has 5 heteroatoms. The standard InChI is InChI=1S/C5H3BN2O2/c6-5-4(8(9)10)2-1-3-7-5/h1-3H. The summed E-state index contributed by atoms with van der Waals surface area (Å²) in [7, 11) is 5.17. The summed E-state index contributed by atoms with van der Waals surface area (Å²) in [5.41, 5.74) is -0.199. The third-order valence-corrected chi connectivity index (χ3v) is 1.01. The van der Waals surface area contributed by atoms with Gasteiger partial charge in [0.1, 0.15) is 0 Å². The lowest BCUT2D eigenvalue weighted by Crippen LogP contribution is -2.12. The molecule has 0 saturated heterocycles. The summed E-state index contributed by atoms with van der Waals surface area (Å²) in [4.78, 5) is 13.1. The lowest BCUT2D eigenvalue weighted by Gasteiger charge is -1.92. The first-order valence-electron chi connectivity index (χ1n) is 2.56. The SMILES string of the molecule is [B]c1ncccc1[N+](=O)[O-]. The summed E-state index contributed by atoms with van der Waals surface area (Å²) in [6.45, 7) is 0. The number of aromatic nitrogens is 1. The first-order chi connectivity index (χ1) is 4.72. The van der Waals surface area contributed by atoms with Gasteiger partial charge in [0.15, 0.2) is 7.85 Å². The molecule has 0 aliphatic carbocycles. The van der Waals surface area contributed by atoms with Crippen LogP contribution in [0.3, 0.4) is 0 Å². The first kappa shape index (κ1) is 6.73. The molecule has 1 rings (SSSR count). The van der Waals surface area contributed by atoms with Crippen molar-refractivity contribution in [3.63, 3.8) is 0 Å². The van der Waals surface area contributed by atoms with Crippen LogP contribution in [0.1, 0.15) is 0 Å². The van der Waals surface area contributed by atoms with Crippen molar-refractivity contribution in [2.45, 2.75) is 0 Å². The van der Waals surface area contributed by atoms with Gasteiger partial charge in [0.25, 0.3) is 5.69 Å². The second-order valence-corrected chi connectivity index (χ2v) is 1.66. The van der Waals surface area contributed by atoms with Crippen molar-refractivity contribution >= 4 is 19.1 Å². The molecule has 0 saturated carbocycles. The molecule has 48 valence electrons. The van der Waals surface area contributed by atoms with E-state index in [0.29, 0.717) is 0 Å². The van der Waals surface area contributed by atoms with Crippen LogP contribution in [0, 0.1) is 10.1 Å². The monoisotopic (exact) mass is 134 g/mol. The molecule has 0 bridgehead atoms. The van der Waals surface area contributed by atoms with Gasteiger partial charge >= 0.3 is 0 Å². The van der Waals surface area contributed by atoms with Gasteiger partial charge in [-0.25, -0.2) is 0 Å². The maximum absolute atomic E-state index is 10.1. The van der Waals surface area contributed by atoms with E-state index >= 15 is 0 Å². The predicted octanol–water partition coefficient (Wildman–Crippen LogP) is -0.216. The molecule has 2 radical (unpaired) electrons.